The third-order valence-electron chi connectivity index (χ3n) is 11.4. The van der Waals surface area contributed by atoms with Crippen molar-refractivity contribution in [1.29, 1.82) is 0 Å². The van der Waals surface area contributed by atoms with Crippen LogP contribution >= 0.6 is 0 Å². The Labute approximate surface area is 337 Å². The molecule has 58 heavy (non-hydrogen) atoms. The molecule has 11 aromatic rings. The lowest BCUT2D eigenvalue weighted by Crippen LogP contribution is -2.11. The summed E-state index contributed by atoms with van der Waals surface area (Å²) in [7, 11) is 0. The van der Waals surface area contributed by atoms with Crippen LogP contribution in [0.1, 0.15) is 0 Å². The maximum atomic E-state index is 6.98. The Kier molecular flexibility index (Phi) is 8.19. The van der Waals surface area contributed by atoms with Crippen molar-refractivity contribution in [1.82, 2.24) is 0 Å². The van der Waals surface area contributed by atoms with Gasteiger partial charge in [0.25, 0.3) is 0 Å². The van der Waals surface area contributed by atoms with E-state index in [2.05, 4.69) is 229 Å². The van der Waals surface area contributed by atoms with Gasteiger partial charge < -0.3 is 9.32 Å². The lowest BCUT2D eigenvalue weighted by Gasteiger charge is -2.28. The molecular formula is C56H37NO. The first-order valence-corrected chi connectivity index (χ1v) is 19.8. The molecule has 0 amide bonds. The molecule has 0 saturated carbocycles. The van der Waals surface area contributed by atoms with Crippen LogP contribution in [-0.2, 0) is 0 Å². The summed E-state index contributed by atoms with van der Waals surface area (Å²) in [5, 5.41) is 7.04. The van der Waals surface area contributed by atoms with Crippen LogP contribution in [0.5, 0.6) is 0 Å². The first-order valence-electron chi connectivity index (χ1n) is 19.8. The van der Waals surface area contributed by atoms with Gasteiger partial charge in [-0.25, -0.2) is 0 Å². The number of rotatable bonds is 7. The second-order valence-corrected chi connectivity index (χ2v) is 14.9. The highest BCUT2D eigenvalue weighted by atomic mass is 16.3. The highest BCUT2D eigenvalue weighted by molar-refractivity contribution is 6.21. The van der Waals surface area contributed by atoms with Crippen LogP contribution in [0.2, 0.25) is 0 Å². The minimum absolute atomic E-state index is 0.862. The highest BCUT2D eigenvalue weighted by Crippen LogP contribution is 2.48. The zero-order valence-electron chi connectivity index (χ0n) is 31.7. The summed E-state index contributed by atoms with van der Waals surface area (Å²) in [4.78, 5) is 2.41. The monoisotopic (exact) mass is 739 g/mol. The second-order valence-electron chi connectivity index (χ2n) is 14.9. The first-order chi connectivity index (χ1) is 28.8. The van der Waals surface area contributed by atoms with Crippen LogP contribution in [0, 0.1) is 0 Å². The second kappa shape index (κ2) is 14.1. The van der Waals surface area contributed by atoms with Crippen LogP contribution in [0.15, 0.2) is 229 Å². The number of nitrogens with zero attached hydrogens (tertiary/aromatic N) is 1. The average Bonchev–Trinajstić information content (AvgIpc) is 3.70. The van der Waals surface area contributed by atoms with Gasteiger partial charge in [-0.15, -0.1) is 0 Å². The molecule has 272 valence electrons. The minimum Gasteiger partial charge on any atom is -0.455 e. The van der Waals surface area contributed by atoms with Crippen molar-refractivity contribution in [2.45, 2.75) is 0 Å². The molecule has 0 radical (unpaired) electrons. The third-order valence-corrected chi connectivity index (χ3v) is 11.4. The van der Waals surface area contributed by atoms with Gasteiger partial charge in [0, 0.05) is 22.3 Å². The van der Waals surface area contributed by atoms with Crippen molar-refractivity contribution >= 4 is 60.5 Å². The van der Waals surface area contributed by atoms with E-state index in [0.29, 0.717) is 0 Å². The van der Waals surface area contributed by atoms with E-state index in [4.69, 9.17) is 4.42 Å². The van der Waals surface area contributed by atoms with Gasteiger partial charge in [0.1, 0.15) is 11.2 Å². The molecule has 0 spiro atoms. The summed E-state index contributed by atoms with van der Waals surface area (Å²) in [6.07, 6.45) is 0. The quantitative estimate of drug-likeness (QED) is 0.151. The summed E-state index contributed by atoms with van der Waals surface area (Å²) >= 11 is 0. The van der Waals surface area contributed by atoms with E-state index in [0.717, 1.165) is 61.3 Å². The minimum atomic E-state index is 0.862. The first kappa shape index (κ1) is 33.6. The van der Waals surface area contributed by atoms with E-state index >= 15 is 0 Å². The Morgan fingerprint density at radius 2 is 0.810 bits per heavy atom. The van der Waals surface area contributed by atoms with E-state index in [1.54, 1.807) is 0 Å². The van der Waals surface area contributed by atoms with Gasteiger partial charge in [-0.05, 0) is 115 Å². The molecule has 0 aliphatic carbocycles. The lowest BCUT2D eigenvalue weighted by molar-refractivity contribution is 0.670. The molecule has 0 bridgehead atoms. The molecule has 0 unspecified atom stereocenters. The third kappa shape index (κ3) is 5.82. The molecule has 1 aromatic heterocycles. The summed E-state index contributed by atoms with van der Waals surface area (Å²) in [5.41, 5.74) is 14.2. The fraction of sp³-hybridized carbons (Fsp3) is 0. The van der Waals surface area contributed by atoms with Crippen molar-refractivity contribution in [3.63, 3.8) is 0 Å². The van der Waals surface area contributed by atoms with Crippen LogP contribution in [0.25, 0.3) is 88.0 Å². The number of anilines is 3. The molecule has 11 rings (SSSR count). The zero-order chi connectivity index (χ0) is 38.4. The SMILES string of the molecule is c1ccc(-c2cccc(-c3cccc(N(c4cccc(-c5ccccc5)c4)c4ccc(-c5cc6ccccc6c6ccccc56)c5oc6ccccc6c45)c3)c2)cc1. The van der Waals surface area contributed by atoms with Gasteiger partial charge in [-0.3, -0.25) is 0 Å². The lowest BCUT2D eigenvalue weighted by atomic mass is 9.92. The number of hydrogen-bond acceptors (Lipinski definition) is 2. The standard InChI is InChI=1S/C56H37NO/c1-3-16-38(17-4-1)40-21-13-22-41(34-40)43-24-15-26-46(36-43)57(45-25-14-23-42(35-45)39-18-5-2-6-19-39)53-33-32-50(56-55(53)51-30-11-12-31-54(51)58-56)52-37-44-20-7-8-27-47(44)48-28-9-10-29-49(48)52/h1-37H. The van der Waals surface area contributed by atoms with E-state index < -0.39 is 0 Å². The molecule has 10 aromatic carbocycles. The number of fused-ring (bicyclic) bond motifs is 6. The Balaban J connectivity index is 1.16. The van der Waals surface area contributed by atoms with Crippen LogP contribution in [0.4, 0.5) is 17.1 Å². The fourth-order valence-corrected chi connectivity index (χ4v) is 8.70. The summed E-state index contributed by atoms with van der Waals surface area (Å²) in [6.45, 7) is 0. The molecular weight excluding hydrogens is 703 g/mol. The Bertz CT molecular complexity index is 3290. The normalized spacial score (nSPS) is 11.4. The molecule has 0 aliphatic heterocycles. The maximum Gasteiger partial charge on any atom is 0.145 e. The molecule has 0 N–H and O–H groups in total. The van der Waals surface area contributed by atoms with Crippen molar-refractivity contribution in [3.05, 3.63) is 224 Å². The zero-order valence-corrected chi connectivity index (χ0v) is 31.7. The molecule has 2 nitrogen and oxygen atoms in total. The molecule has 2 heteroatoms. The molecule has 0 fully saturated rings. The van der Waals surface area contributed by atoms with Gasteiger partial charge in [0.05, 0.1) is 11.1 Å². The largest absolute Gasteiger partial charge is 0.455 e. The van der Waals surface area contributed by atoms with Crippen LogP contribution < -0.4 is 4.90 Å². The van der Waals surface area contributed by atoms with Gasteiger partial charge >= 0.3 is 0 Å². The number of benzene rings is 10. The van der Waals surface area contributed by atoms with E-state index in [1.165, 1.54) is 43.8 Å². The van der Waals surface area contributed by atoms with Crippen molar-refractivity contribution in [2.24, 2.45) is 0 Å². The Morgan fingerprint density at radius 1 is 0.310 bits per heavy atom. The highest BCUT2D eigenvalue weighted by Gasteiger charge is 2.24. The number of para-hydroxylation sites is 1. The van der Waals surface area contributed by atoms with E-state index in [-0.39, 0.29) is 0 Å². The maximum absolute atomic E-state index is 6.98. The molecule has 0 aliphatic rings. The predicted molar refractivity (Wildman–Crippen MR) is 245 cm³/mol. The Hall–Kier alpha value is -7.68. The van der Waals surface area contributed by atoms with Crippen molar-refractivity contribution < 1.29 is 4.42 Å². The topological polar surface area (TPSA) is 16.4 Å². The summed E-state index contributed by atoms with van der Waals surface area (Å²) in [6, 6.07) is 80.6. The average molecular weight is 740 g/mol. The molecule has 1 heterocycles. The van der Waals surface area contributed by atoms with Gasteiger partial charge in [0.15, 0.2) is 0 Å². The Morgan fingerprint density at radius 3 is 1.50 bits per heavy atom. The van der Waals surface area contributed by atoms with Gasteiger partial charge in [-0.1, -0.05) is 170 Å². The van der Waals surface area contributed by atoms with Crippen LogP contribution in [-0.4, -0.2) is 0 Å². The van der Waals surface area contributed by atoms with Gasteiger partial charge in [0.2, 0.25) is 0 Å². The smallest absolute Gasteiger partial charge is 0.145 e. The molecule has 0 atom stereocenters. The van der Waals surface area contributed by atoms with Gasteiger partial charge in [-0.2, -0.15) is 0 Å². The van der Waals surface area contributed by atoms with Crippen molar-refractivity contribution in [3.8, 4) is 44.5 Å². The fourth-order valence-electron chi connectivity index (χ4n) is 8.70. The molecule has 0 saturated heterocycles. The van der Waals surface area contributed by atoms with E-state index in [1.807, 2.05) is 0 Å². The van der Waals surface area contributed by atoms with Crippen molar-refractivity contribution in [2.75, 3.05) is 4.90 Å². The summed E-state index contributed by atoms with van der Waals surface area (Å²) < 4.78 is 6.98. The van der Waals surface area contributed by atoms with Crippen LogP contribution in [0.3, 0.4) is 0 Å². The number of hydrogen-bond donors (Lipinski definition) is 0. The predicted octanol–water partition coefficient (Wildman–Crippen LogP) is 16.0. The van der Waals surface area contributed by atoms with E-state index in [9.17, 15) is 0 Å². The number of furan rings is 1. The summed E-state index contributed by atoms with van der Waals surface area (Å²) in [5.74, 6) is 0.